The van der Waals surface area contributed by atoms with Gasteiger partial charge in [0.25, 0.3) is 0 Å². The van der Waals surface area contributed by atoms with Gasteiger partial charge in [0.05, 0.1) is 5.92 Å². The molecule has 3 nitrogen and oxygen atoms in total. The number of carbonyl (C=O) groups excluding carboxylic acids is 2. The third kappa shape index (κ3) is 2.89. The summed E-state index contributed by atoms with van der Waals surface area (Å²) in [4.78, 5) is 23.9. The Hall–Kier alpha value is -1.16. The summed E-state index contributed by atoms with van der Waals surface area (Å²) in [5.74, 6) is -0.160. The molecule has 0 aliphatic carbocycles. The SMILES string of the molecule is CCC(C)C1CC(=O)NC(=O)C1c1ccccc1Br. The fourth-order valence-electron chi connectivity index (χ4n) is 2.72. The standard InChI is InChI=1S/C15H18BrNO2/c1-3-9(2)11-8-13(18)17-15(19)14(11)10-6-4-5-7-12(10)16/h4-7,9,11,14H,3,8H2,1-2H3,(H,17,18,19). The molecule has 1 aromatic rings. The van der Waals surface area contributed by atoms with Gasteiger partial charge in [-0.1, -0.05) is 54.4 Å². The maximum Gasteiger partial charge on any atom is 0.234 e. The minimum absolute atomic E-state index is 0.0740. The Morgan fingerprint density at radius 1 is 1.37 bits per heavy atom. The number of piperidine rings is 1. The Bertz CT molecular complexity index is 501. The Morgan fingerprint density at radius 3 is 2.68 bits per heavy atom. The van der Waals surface area contributed by atoms with E-state index in [0.29, 0.717) is 12.3 Å². The molecule has 1 fully saturated rings. The molecule has 0 bridgehead atoms. The first kappa shape index (κ1) is 14.3. The summed E-state index contributed by atoms with van der Waals surface area (Å²) in [6, 6.07) is 7.75. The topological polar surface area (TPSA) is 46.2 Å². The van der Waals surface area contributed by atoms with Gasteiger partial charge in [-0.2, -0.15) is 0 Å². The van der Waals surface area contributed by atoms with Crippen molar-refractivity contribution in [3.63, 3.8) is 0 Å². The highest BCUT2D eigenvalue weighted by atomic mass is 79.9. The van der Waals surface area contributed by atoms with Gasteiger partial charge in [-0.15, -0.1) is 0 Å². The molecule has 2 amide bonds. The molecule has 1 N–H and O–H groups in total. The van der Waals surface area contributed by atoms with Crippen molar-refractivity contribution >= 4 is 27.7 Å². The van der Waals surface area contributed by atoms with Crippen LogP contribution in [0.5, 0.6) is 0 Å². The molecule has 1 aliphatic heterocycles. The lowest BCUT2D eigenvalue weighted by Gasteiger charge is -2.34. The lowest BCUT2D eigenvalue weighted by Crippen LogP contribution is -2.46. The van der Waals surface area contributed by atoms with E-state index in [2.05, 4.69) is 35.1 Å². The molecule has 3 atom stereocenters. The van der Waals surface area contributed by atoms with E-state index < -0.39 is 0 Å². The van der Waals surface area contributed by atoms with Gasteiger partial charge in [-0.05, 0) is 23.5 Å². The lowest BCUT2D eigenvalue weighted by molar-refractivity contribution is -0.137. The van der Waals surface area contributed by atoms with Gasteiger partial charge >= 0.3 is 0 Å². The molecule has 0 aromatic heterocycles. The van der Waals surface area contributed by atoms with Crippen molar-refractivity contribution in [3.8, 4) is 0 Å². The smallest absolute Gasteiger partial charge is 0.234 e. The third-order valence-corrected chi connectivity index (χ3v) is 4.73. The summed E-state index contributed by atoms with van der Waals surface area (Å²) in [7, 11) is 0. The molecule has 1 aliphatic rings. The van der Waals surface area contributed by atoms with Crippen LogP contribution in [0.2, 0.25) is 0 Å². The fourth-order valence-corrected chi connectivity index (χ4v) is 3.26. The number of imide groups is 1. The molecule has 1 aromatic carbocycles. The second-order valence-corrected chi connectivity index (χ2v) is 6.02. The van der Waals surface area contributed by atoms with Crippen molar-refractivity contribution in [2.45, 2.75) is 32.6 Å². The average molecular weight is 324 g/mol. The van der Waals surface area contributed by atoms with Crippen LogP contribution in [0.3, 0.4) is 0 Å². The van der Waals surface area contributed by atoms with Gasteiger partial charge in [-0.25, -0.2) is 0 Å². The molecule has 102 valence electrons. The zero-order valence-electron chi connectivity index (χ0n) is 11.2. The number of amides is 2. The van der Waals surface area contributed by atoms with Crippen molar-refractivity contribution in [1.29, 1.82) is 0 Å². The number of carbonyl (C=O) groups is 2. The fraction of sp³-hybridized carbons (Fsp3) is 0.467. The van der Waals surface area contributed by atoms with Gasteiger partial charge < -0.3 is 0 Å². The van der Waals surface area contributed by atoms with E-state index in [-0.39, 0.29) is 23.7 Å². The summed E-state index contributed by atoms with van der Waals surface area (Å²) in [5, 5.41) is 2.47. The first-order chi connectivity index (χ1) is 9.04. The van der Waals surface area contributed by atoms with Gasteiger partial charge in [0, 0.05) is 10.9 Å². The normalized spacial score (nSPS) is 25.0. The highest BCUT2D eigenvalue weighted by molar-refractivity contribution is 9.10. The maximum absolute atomic E-state index is 12.2. The van der Waals surface area contributed by atoms with Crippen molar-refractivity contribution in [2.24, 2.45) is 11.8 Å². The molecule has 0 spiro atoms. The van der Waals surface area contributed by atoms with Crippen LogP contribution in [0.25, 0.3) is 0 Å². The third-order valence-electron chi connectivity index (χ3n) is 4.01. The van der Waals surface area contributed by atoms with Crippen molar-refractivity contribution in [3.05, 3.63) is 34.3 Å². The van der Waals surface area contributed by atoms with Crippen LogP contribution < -0.4 is 5.32 Å². The molecule has 3 unspecified atom stereocenters. The molecule has 4 heteroatoms. The molecule has 2 rings (SSSR count). The Kier molecular flexibility index (Phi) is 4.40. The number of nitrogens with one attached hydrogen (secondary N) is 1. The van der Waals surface area contributed by atoms with E-state index in [9.17, 15) is 9.59 Å². The van der Waals surface area contributed by atoms with Gasteiger partial charge in [0.1, 0.15) is 0 Å². The van der Waals surface area contributed by atoms with Crippen LogP contribution in [0.1, 0.15) is 38.2 Å². The van der Waals surface area contributed by atoms with Crippen molar-refractivity contribution in [2.75, 3.05) is 0 Å². The van der Waals surface area contributed by atoms with Gasteiger partial charge in [0.15, 0.2) is 0 Å². The van der Waals surface area contributed by atoms with E-state index >= 15 is 0 Å². The summed E-state index contributed by atoms with van der Waals surface area (Å²) in [6.07, 6.45) is 1.39. The zero-order chi connectivity index (χ0) is 14.0. The second-order valence-electron chi connectivity index (χ2n) is 5.17. The first-order valence-corrected chi connectivity index (χ1v) is 7.42. The molecule has 1 heterocycles. The van der Waals surface area contributed by atoms with E-state index in [1.165, 1.54) is 0 Å². The first-order valence-electron chi connectivity index (χ1n) is 6.62. The van der Waals surface area contributed by atoms with Gasteiger partial charge in [0.2, 0.25) is 11.8 Å². The number of benzene rings is 1. The van der Waals surface area contributed by atoms with E-state index in [0.717, 1.165) is 16.5 Å². The van der Waals surface area contributed by atoms with Crippen LogP contribution in [0, 0.1) is 11.8 Å². The molecule has 0 saturated carbocycles. The molecule has 0 radical (unpaired) electrons. The van der Waals surface area contributed by atoms with E-state index in [4.69, 9.17) is 0 Å². The molecular weight excluding hydrogens is 306 g/mol. The highest BCUT2D eigenvalue weighted by Gasteiger charge is 2.39. The Labute approximate surface area is 121 Å². The number of rotatable bonds is 3. The maximum atomic E-state index is 12.2. The molecular formula is C15H18BrNO2. The summed E-state index contributed by atoms with van der Waals surface area (Å²) < 4.78 is 0.929. The van der Waals surface area contributed by atoms with Crippen LogP contribution in [-0.2, 0) is 9.59 Å². The van der Waals surface area contributed by atoms with Crippen LogP contribution >= 0.6 is 15.9 Å². The number of halogens is 1. The highest BCUT2D eigenvalue weighted by Crippen LogP contribution is 2.39. The quantitative estimate of drug-likeness (QED) is 0.868. The minimum Gasteiger partial charge on any atom is -0.296 e. The summed E-state index contributed by atoms with van der Waals surface area (Å²) in [6.45, 7) is 4.21. The largest absolute Gasteiger partial charge is 0.296 e. The summed E-state index contributed by atoms with van der Waals surface area (Å²) >= 11 is 3.51. The van der Waals surface area contributed by atoms with Crippen LogP contribution in [0.15, 0.2) is 28.7 Å². The van der Waals surface area contributed by atoms with Crippen LogP contribution in [-0.4, -0.2) is 11.8 Å². The monoisotopic (exact) mass is 323 g/mol. The Morgan fingerprint density at radius 2 is 2.05 bits per heavy atom. The van der Waals surface area contributed by atoms with Crippen molar-refractivity contribution in [1.82, 2.24) is 5.32 Å². The molecule has 19 heavy (non-hydrogen) atoms. The minimum atomic E-state index is -0.247. The Balaban J connectivity index is 2.41. The number of hydrogen-bond acceptors (Lipinski definition) is 2. The molecule has 1 saturated heterocycles. The van der Waals surface area contributed by atoms with Crippen molar-refractivity contribution < 1.29 is 9.59 Å². The second kappa shape index (κ2) is 5.87. The zero-order valence-corrected chi connectivity index (χ0v) is 12.7. The lowest BCUT2D eigenvalue weighted by atomic mass is 9.73. The number of hydrogen-bond donors (Lipinski definition) is 1. The average Bonchev–Trinajstić information content (AvgIpc) is 2.38. The van der Waals surface area contributed by atoms with E-state index in [1.807, 2.05) is 24.3 Å². The predicted octanol–water partition coefficient (Wildman–Crippen LogP) is 3.24. The summed E-state index contributed by atoms with van der Waals surface area (Å²) in [5.41, 5.74) is 0.970. The predicted molar refractivity (Wildman–Crippen MR) is 77.6 cm³/mol. The van der Waals surface area contributed by atoms with Crippen LogP contribution in [0.4, 0.5) is 0 Å². The van der Waals surface area contributed by atoms with Gasteiger partial charge in [-0.3, -0.25) is 14.9 Å². The van der Waals surface area contributed by atoms with E-state index in [1.54, 1.807) is 0 Å².